The maximum Gasteiger partial charge on any atom is 0.343 e. The largest absolute Gasteiger partial charge is 0.427 e. The van der Waals surface area contributed by atoms with Crippen LogP contribution in [0.2, 0.25) is 0 Å². The van der Waals surface area contributed by atoms with Crippen molar-refractivity contribution in [2.45, 2.75) is 13.8 Å². The van der Waals surface area contributed by atoms with Crippen LogP contribution in [0.25, 0.3) is 10.8 Å². The van der Waals surface area contributed by atoms with Crippen molar-refractivity contribution in [1.82, 2.24) is 0 Å². The number of hydrogen-bond donors (Lipinski definition) is 0. The molecule has 0 aromatic heterocycles. The molecule has 4 nitrogen and oxygen atoms in total. The molecule has 0 saturated carbocycles. The van der Waals surface area contributed by atoms with Gasteiger partial charge in [-0.3, -0.25) is 4.79 Å². The molecule has 0 radical (unpaired) electrons. The zero-order chi connectivity index (χ0) is 17.1. The van der Waals surface area contributed by atoms with Gasteiger partial charge in [0.1, 0.15) is 11.5 Å². The molecule has 0 aliphatic heterocycles. The van der Waals surface area contributed by atoms with Gasteiger partial charge in [0.25, 0.3) is 0 Å². The third-order valence-electron chi connectivity index (χ3n) is 3.53. The number of carbonyl (C=O) groups is 2. The first-order valence-corrected chi connectivity index (χ1v) is 7.52. The molecule has 0 unspecified atom stereocenters. The summed E-state index contributed by atoms with van der Waals surface area (Å²) >= 11 is 0. The van der Waals surface area contributed by atoms with Crippen LogP contribution in [0, 0.1) is 6.92 Å². The van der Waals surface area contributed by atoms with Crippen molar-refractivity contribution >= 4 is 22.7 Å². The van der Waals surface area contributed by atoms with Gasteiger partial charge in [-0.25, -0.2) is 4.79 Å². The summed E-state index contributed by atoms with van der Waals surface area (Å²) in [6.07, 6.45) is 0. The van der Waals surface area contributed by atoms with Crippen molar-refractivity contribution in [2.75, 3.05) is 0 Å². The third-order valence-corrected chi connectivity index (χ3v) is 3.53. The van der Waals surface area contributed by atoms with E-state index in [-0.39, 0.29) is 0 Å². The van der Waals surface area contributed by atoms with Crippen LogP contribution in [-0.4, -0.2) is 11.9 Å². The number of carbonyl (C=O) groups excluding carboxylic acids is 2. The van der Waals surface area contributed by atoms with Gasteiger partial charge in [-0.15, -0.1) is 0 Å². The summed E-state index contributed by atoms with van der Waals surface area (Å²) in [5.41, 5.74) is 1.56. The molecule has 3 aromatic carbocycles. The minimum absolute atomic E-state index is 0.384. The molecule has 3 aromatic rings. The molecule has 0 N–H and O–H groups in total. The Morgan fingerprint density at radius 2 is 1.38 bits per heavy atom. The minimum Gasteiger partial charge on any atom is -0.427 e. The number of esters is 2. The topological polar surface area (TPSA) is 52.6 Å². The van der Waals surface area contributed by atoms with Crippen LogP contribution in [0.3, 0.4) is 0 Å². The van der Waals surface area contributed by atoms with Gasteiger partial charge in [0.15, 0.2) is 0 Å². The van der Waals surface area contributed by atoms with E-state index < -0.39 is 11.9 Å². The zero-order valence-electron chi connectivity index (χ0n) is 13.4. The Morgan fingerprint density at radius 1 is 0.750 bits per heavy atom. The van der Waals surface area contributed by atoms with E-state index in [1.807, 2.05) is 31.2 Å². The molecule has 3 rings (SSSR count). The quantitative estimate of drug-likeness (QED) is 0.533. The molecule has 0 saturated heterocycles. The molecule has 120 valence electrons. The number of hydrogen-bond acceptors (Lipinski definition) is 4. The fourth-order valence-corrected chi connectivity index (χ4v) is 2.40. The molecule has 0 spiro atoms. The normalized spacial score (nSPS) is 10.4. The van der Waals surface area contributed by atoms with Crippen molar-refractivity contribution in [3.63, 3.8) is 0 Å². The van der Waals surface area contributed by atoms with Crippen LogP contribution in [0.15, 0.2) is 60.7 Å². The van der Waals surface area contributed by atoms with Crippen molar-refractivity contribution in [2.24, 2.45) is 0 Å². The number of rotatable bonds is 3. The molecule has 0 bridgehead atoms. The van der Waals surface area contributed by atoms with E-state index in [4.69, 9.17) is 9.47 Å². The number of ether oxygens (including phenoxy) is 2. The number of fused-ring (bicyclic) bond motifs is 1. The van der Waals surface area contributed by atoms with Gasteiger partial charge >= 0.3 is 11.9 Å². The fraction of sp³-hybridized carbons (Fsp3) is 0.100. The van der Waals surface area contributed by atoms with E-state index in [1.54, 1.807) is 30.3 Å². The average molecular weight is 320 g/mol. The SMILES string of the molecule is CC(=O)Oc1ccc(C(=O)Oc2ccc3cc(C)ccc3c2)cc1. The monoisotopic (exact) mass is 320 g/mol. The van der Waals surface area contributed by atoms with Crippen molar-refractivity contribution in [1.29, 1.82) is 0 Å². The highest BCUT2D eigenvalue weighted by Gasteiger charge is 2.10. The van der Waals surface area contributed by atoms with Crippen molar-refractivity contribution < 1.29 is 19.1 Å². The Labute approximate surface area is 139 Å². The highest BCUT2D eigenvalue weighted by atomic mass is 16.5. The Balaban J connectivity index is 1.76. The lowest BCUT2D eigenvalue weighted by atomic mass is 10.1. The second-order valence-electron chi connectivity index (χ2n) is 5.52. The summed E-state index contributed by atoms with van der Waals surface area (Å²) in [6, 6.07) is 17.9. The van der Waals surface area contributed by atoms with E-state index in [0.29, 0.717) is 17.1 Å². The minimum atomic E-state index is -0.462. The van der Waals surface area contributed by atoms with Crippen LogP contribution in [0.5, 0.6) is 11.5 Å². The summed E-state index contributed by atoms with van der Waals surface area (Å²) < 4.78 is 10.3. The van der Waals surface area contributed by atoms with Crippen LogP contribution in [0.1, 0.15) is 22.8 Å². The van der Waals surface area contributed by atoms with E-state index in [2.05, 4.69) is 6.07 Å². The summed E-state index contributed by atoms with van der Waals surface area (Å²) in [5.74, 6) is 0.00750. The van der Waals surface area contributed by atoms with Crippen LogP contribution in [-0.2, 0) is 4.79 Å². The number of benzene rings is 3. The van der Waals surface area contributed by atoms with E-state index in [1.165, 1.54) is 12.5 Å². The summed E-state index contributed by atoms with van der Waals surface area (Å²) in [4.78, 5) is 23.1. The van der Waals surface area contributed by atoms with Gasteiger partial charge < -0.3 is 9.47 Å². The first kappa shape index (κ1) is 15.7. The molecule has 0 aliphatic carbocycles. The fourth-order valence-electron chi connectivity index (χ4n) is 2.40. The molecule has 0 aliphatic rings. The van der Waals surface area contributed by atoms with E-state index >= 15 is 0 Å². The van der Waals surface area contributed by atoms with Crippen molar-refractivity contribution in [3.05, 3.63) is 71.8 Å². The molecular weight excluding hydrogens is 304 g/mol. The van der Waals surface area contributed by atoms with Crippen molar-refractivity contribution in [3.8, 4) is 11.5 Å². The molecule has 0 heterocycles. The molecular formula is C20H16O4. The molecule has 0 atom stereocenters. The van der Waals surface area contributed by atoms with Crippen LogP contribution >= 0.6 is 0 Å². The second kappa shape index (κ2) is 6.54. The molecule has 0 fully saturated rings. The van der Waals surface area contributed by atoms with Gasteiger partial charge in [-0.05, 0) is 54.1 Å². The first-order valence-electron chi connectivity index (χ1n) is 7.52. The zero-order valence-corrected chi connectivity index (χ0v) is 13.4. The standard InChI is InChI=1S/C20H16O4/c1-13-3-4-17-12-19(10-7-16(17)11-13)24-20(22)15-5-8-18(9-6-15)23-14(2)21/h3-12H,1-2H3. The van der Waals surface area contributed by atoms with Gasteiger partial charge in [0, 0.05) is 6.92 Å². The Hall–Kier alpha value is -3.14. The van der Waals surface area contributed by atoms with Gasteiger partial charge in [0.05, 0.1) is 5.56 Å². The van der Waals surface area contributed by atoms with E-state index in [0.717, 1.165) is 10.8 Å². The average Bonchev–Trinajstić information content (AvgIpc) is 2.55. The summed E-state index contributed by atoms with van der Waals surface area (Å²) in [6.45, 7) is 3.36. The Morgan fingerprint density at radius 3 is 2.08 bits per heavy atom. The van der Waals surface area contributed by atoms with Gasteiger partial charge in [-0.1, -0.05) is 29.8 Å². The predicted molar refractivity (Wildman–Crippen MR) is 91.4 cm³/mol. The number of aryl methyl sites for hydroxylation is 1. The Kier molecular flexibility index (Phi) is 4.29. The van der Waals surface area contributed by atoms with Crippen LogP contribution < -0.4 is 9.47 Å². The third kappa shape index (κ3) is 3.60. The maximum atomic E-state index is 12.2. The lowest BCUT2D eigenvalue weighted by Gasteiger charge is -2.07. The van der Waals surface area contributed by atoms with Crippen LogP contribution in [0.4, 0.5) is 0 Å². The predicted octanol–water partition coefficient (Wildman–Crippen LogP) is 4.29. The van der Waals surface area contributed by atoms with E-state index in [9.17, 15) is 9.59 Å². The lowest BCUT2D eigenvalue weighted by molar-refractivity contribution is -0.131. The first-order chi connectivity index (χ1) is 11.5. The molecule has 24 heavy (non-hydrogen) atoms. The van der Waals surface area contributed by atoms with Gasteiger partial charge in [0.2, 0.25) is 0 Å². The highest BCUT2D eigenvalue weighted by molar-refractivity contribution is 5.92. The lowest BCUT2D eigenvalue weighted by Crippen LogP contribution is -2.08. The maximum absolute atomic E-state index is 12.2. The summed E-state index contributed by atoms with van der Waals surface area (Å²) in [7, 11) is 0. The second-order valence-corrected chi connectivity index (χ2v) is 5.52. The smallest absolute Gasteiger partial charge is 0.343 e. The molecule has 0 amide bonds. The molecule has 4 heteroatoms. The van der Waals surface area contributed by atoms with Gasteiger partial charge in [-0.2, -0.15) is 0 Å². The highest BCUT2D eigenvalue weighted by Crippen LogP contribution is 2.23. The Bertz CT molecular complexity index is 911. The summed E-state index contributed by atoms with van der Waals surface area (Å²) in [5, 5.41) is 2.11.